The molecule has 0 aromatic carbocycles. The molecule has 0 rings (SSSR count). The Labute approximate surface area is 55.0 Å². The third-order valence-electron chi connectivity index (χ3n) is 0.843. The molecule has 0 unspecified atom stereocenters. The molecule has 0 aliphatic rings. The lowest BCUT2D eigenvalue weighted by Crippen LogP contribution is -2.41. The Morgan fingerprint density at radius 3 is 1.90 bits per heavy atom. The second-order valence-electron chi connectivity index (χ2n) is 1.48. The Bertz CT molecular complexity index is 133. The first-order chi connectivity index (χ1) is 4.39. The number of carbonyl (C=O) groups excluding carboxylic acids is 1. The van der Waals surface area contributed by atoms with E-state index < -0.39 is 23.8 Å². The van der Waals surface area contributed by atoms with E-state index in [0.29, 0.717) is 0 Å². The second-order valence-corrected chi connectivity index (χ2v) is 1.48. The van der Waals surface area contributed by atoms with Gasteiger partial charge in [0.2, 0.25) is 0 Å². The molecule has 10 heavy (non-hydrogen) atoms. The van der Waals surface area contributed by atoms with E-state index in [1.807, 2.05) is 0 Å². The van der Waals surface area contributed by atoms with E-state index in [9.17, 15) is 23.1 Å². The molecule has 6 heteroatoms. The van der Waals surface area contributed by atoms with Crippen molar-refractivity contribution < 1.29 is 23.1 Å². The Morgan fingerprint density at radius 1 is 1.50 bits per heavy atom. The van der Waals surface area contributed by atoms with E-state index in [0.717, 1.165) is 6.92 Å². The fourth-order valence-electron chi connectivity index (χ4n) is 0.412. The predicted octanol–water partition coefficient (Wildman–Crippen LogP) is 1.38. The van der Waals surface area contributed by atoms with Crippen molar-refractivity contribution in [2.75, 3.05) is 6.54 Å². The summed E-state index contributed by atoms with van der Waals surface area (Å²) >= 11 is 0. The first-order valence-electron chi connectivity index (χ1n) is 2.45. The maximum absolute atomic E-state index is 11.5. The van der Waals surface area contributed by atoms with Crippen molar-refractivity contribution >= 4 is 6.09 Å². The van der Waals surface area contributed by atoms with Gasteiger partial charge in [-0.25, -0.2) is 14.8 Å². The van der Waals surface area contributed by atoms with Crippen LogP contribution in [0.4, 0.5) is 18.0 Å². The standard InChI is InChI=1S/C4H5F3NO2/c1-2-8(3(9)10)4(5,6)7/h2H2,1H3. The van der Waals surface area contributed by atoms with Gasteiger partial charge in [0, 0.05) is 6.54 Å². The highest BCUT2D eigenvalue weighted by atomic mass is 19.4. The molecule has 0 heterocycles. The van der Waals surface area contributed by atoms with Gasteiger partial charge < -0.3 is 0 Å². The molecule has 59 valence electrons. The Morgan fingerprint density at radius 2 is 1.90 bits per heavy atom. The van der Waals surface area contributed by atoms with Gasteiger partial charge in [0.1, 0.15) is 0 Å². The zero-order chi connectivity index (χ0) is 8.36. The summed E-state index contributed by atoms with van der Waals surface area (Å²) in [5.41, 5.74) is 0. The Kier molecular flexibility index (Phi) is 2.50. The summed E-state index contributed by atoms with van der Waals surface area (Å²) in [6.45, 7) is 0.426. The monoisotopic (exact) mass is 156 g/mol. The van der Waals surface area contributed by atoms with Gasteiger partial charge in [-0.2, -0.15) is 0 Å². The summed E-state index contributed by atoms with van der Waals surface area (Å²) in [5, 5.41) is 9.67. The molecule has 0 aromatic heterocycles. The van der Waals surface area contributed by atoms with Crippen molar-refractivity contribution in [3.63, 3.8) is 0 Å². The summed E-state index contributed by atoms with van der Waals surface area (Å²) in [5.74, 6) is 0. The molecular weight excluding hydrogens is 151 g/mol. The van der Waals surface area contributed by atoms with E-state index in [4.69, 9.17) is 0 Å². The molecule has 0 aliphatic heterocycles. The summed E-state index contributed by atoms with van der Waals surface area (Å²) in [6.07, 6.45) is -7.07. The van der Waals surface area contributed by atoms with Crippen molar-refractivity contribution in [3.8, 4) is 0 Å². The normalized spacial score (nSPS) is 11.2. The average Bonchev–Trinajstić information content (AvgIpc) is 1.60. The largest absolute Gasteiger partial charge is 0.489 e. The summed E-state index contributed by atoms with van der Waals surface area (Å²) in [6, 6.07) is 0. The van der Waals surface area contributed by atoms with Crippen molar-refractivity contribution in [2.45, 2.75) is 13.2 Å². The zero-order valence-corrected chi connectivity index (χ0v) is 5.10. The van der Waals surface area contributed by atoms with Crippen LogP contribution in [-0.2, 0) is 5.11 Å². The van der Waals surface area contributed by atoms with Crippen LogP contribution in [0.2, 0.25) is 0 Å². The highest BCUT2D eigenvalue weighted by Gasteiger charge is 2.40. The number of carbonyl (C=O) groups is 1. The lowest BCUT2D eigenvalue weighted by Gasteiger charge is -2.17. The SMILES string of the molecule is CCN(C([O])=O)C(F)(F)F. The zero-order valence-electron chi connectivity index (χ0n) is 5.10. The van der Waals surface area contributed by atoms with E-state index in [2.05, 4.69) is 0 Å². The molecule has 1 radical (unpaired) electrons. The van der Waals surface area contributed by atoms with Gasteiger partial charge in [-0.15, -0.1) is 13.2 Å². The van der Waals surface area contributed by atoms with Crippen molar-refractivity contribution in [3.05, 3.63) is 0 Å². The Balaban J connectivity index is 4.22. The molecule has 0 aliphatic carbocycles. The number of rotatable bonds is 1. The number of amides is 1. The fraction of sp³-hybridized carbons (Fsp3) is 0.750. The lowest BCUT2D eigenvalue weighted by atomic mass is 10.6. The van der Waals surface area contributed by atoms with Crippen LogP contribution < -0.4 is 0 Å². The topological polar surface area (TPSA) is 40.2 Å². The maximum atomic E-state index is 11.5. The minimum Gasteiger partial charge on any atom is -0.220 e. The maximum Gasteiger partial charge on any atom is 0.489 e. The minimum absolute atomic E-state index is 0.647. The highest BCUT2D eigenvalue weighted by Crippen LogP contribution is 2.20. The summed E-state index contributed by atoms with van der Waals surface area (Å²) in [4.78, 5) is 8.96. The third-order valence-corrected chi connectivity index (χ3v) is 0.843. The average molecular weight is 156 g/mol. The van der Waals surface area contributed by atoms with Crippen LogP contribution in [-0.4, -0.2) is 23.8 Å². The van der Waals surface area contributed by atoms with Crippen LogP contribution in [0.25, 0.3) is 0 Å². The van der Waals surface area contributed by atoms with Gasteiger partial charge in [-0.05, 0) is 6.92 Å². The van der Waals surface area contributed by atoms with Crippen LogP contribution >= 0.6 is 0 Å². The van der Waals surface area contributed by atoms with Crippen LogP contribution in [0, 0.1) is 0 Å². The predicted molar refractivity (Wildman–Crippen MR) is 24.5 cm³/mol. The van der Waals surface area contributed by atoms with Gasteiger partial charge in [0.25, 0.3) is 0 Å². The van der Waals surface area contributed by atoms with Gasteiger partial charge in [-0.1, -0.05) is 0 Å². The van der Waals surface area contributed by atoms with E-state index in [-0.39, 0.29) is 0 Å². The summed E-state index contributed by atoms with van der Waals surface area (Å²) in [7, 11) is 0. The number of hydrogen-bond donors (Lipinski definition) is 0. The first-order valence-corrected chi connectivity index (χ1v) is 2.45. The van der Waals surface area contributed by atoms with Gasteiger partial charge in [0.05, 0.1) is 0 Å². The highest BCUT2D eigenvalue weighted by molar-refractivity contribution is 5.64. The van der Waals surface area contributed by atoms with E-state index in [1.54, 1.807) is 0 Å². The fourth-order valence-corrected chi connectivity index (χ4v) is 0.412. The summed E-state index contributed by atoms with van der Waals surface area (Å²) < 4.78 is 34.4. The first kappa shape index (κ1) is 9.06. The number of halogens is 3. The smallest absolute Gasteiger partial charge is 0.220 e. The quantitative estimate of drug-likeness (QED) is 0.528. The molecule has 0 aromatic rings. The van der Waals surface area contributed by atoms with Gasteiger partial charge in [0.15, 0.2) is 0 Å². The third kappa shape index (κ3) is 2.12. The molecule has 3 nitrogen and oxygen atoms in total. The van der Waals surface area contributed by atoms with E-state index in [1.165, 1.54) is 0 Å². The van der Waals surface area contributed by atoms with Gasteiger partial charge in [-0.3, -0.25) is 0 Å². The van der Waals surface area contributed by atoms with E-state index >= 15 is 0 Å². The van der Waals surface area contributed by atoms with Crippen LogP contribution in [0.3, 0.4) is 0 Å². The number of nitrogens with zero attached hydrogens (tertiary/aromatic N) is 1. The molecule has 0 saturated heterocycles. The number of alkyl halides is 3. The Hall–Kier alpha value is -0.940. The second kappa shape index (κ2) is 2.76. The van der Waals surface area contributed by atoms with Crippen LogP contribution in [0.5, 0.6) is 0 Å². The van der Waals surface area contributed by atoms with Crippen molar-refractivity contribution in [1.82, 2.24) is 4.90 Å². The van der Waals surface area contributed by atoms with Crippen LogP contribution in [0.1, 0.15) is 6.92 Å². The minimum atomic E-state index is -4.84. The van der Waals surface area contributed by atoms with Crippen molar-refractivity contribution in [1.29, 1.82) is 0 Å². The molecular formula is C4H5F3NO2. The molecule has 0 saturated carbocycles. The number of hydrogen-bond acceptors (Lipinski definition) is 1. The molecule has 0 spiro atoms. The van der Waals surface area contributed by atoms with Gasteiger partial charge >= 0.3 is 12.4 Å². The molecule has 0 fully saturated rings. The van der Waals surface area contributed by atoms with Crippen molar-refractivity contribution in [2.24, 2.45) is 0 Å². The lowest BCUT2D eigenvalue weighted by molar-refractivity contribution is -0.228. The molecule has 0 atom stereocenters. The molecule has 0 N–H and O–H groups in total. The van der Waals surface area contributed by atoms with Crippen LogP contribution in [0.15, 0.2) is 0 Å². The molecule has 1 amide bonds. The molecule has 0 bridgehead atoms.